The highest BCUT2D eigenvalue weighted by atomic mass is 31.2. The normalized spacial score (nSPS) is 11.4. The molecule has 244 valence electrons. The molecule has 0 bridgehead atoms. The second-order valence-electron chi connectivity index (χ2n) is 11.8. The van der Waals surface area contributed by atoms with E-state index in [0.717, 1.165) is 23.7 Å². The molecule has 0 saturated heterocycles. The molecule has 8 aromatic rings. The fourth-order valence-electron chi connectivity index (χ4n) is 6.60. The van der Waals surface area contributed by atoms with Crippen molar-refractivity contribution in [2.45, 2.75) is 0 Å². The van der Waals surface area contributed by atoms with Crippen LogP contribution in [0.3, 0.4) is 0 Å². The Bertz CT molecular complexity index is 2030. The predicted molar refractivity (Wildman–Crippen MR) is 215 cm³/mol. The molecule has 0 aliphatic rings. The van der Waals surface area contributed by atoms with E-state index in [0.29, 0.717) is 0 Å². The predicted octanol–water partition coefficient (Wildman–Crippen LogP) is 7.75. The summed E-state index contributed by atoms with van der Waals surface area (Å²) >= 11 is 0. The minimum Gasteiger partial charge on any atom is -0.492 e. The van der Waals surface area contributed by atoms with Crippen molar-refractivity contribution in [3.8, 4) is 0 Å². The van der Waals surface area contributed by atoms with Crippen molar-refractivity contribution in [2.24, 2.45) is 4.74 Å². The van der Waals surface area contributed by atoms with E-state index in [-0.39, 0.29) is 0 Å². The fourth-order valence-corrected chi connectivity index (χ4v) is 14.5. The summed E-state index contributed by atoms with van der Waals surface area (Å²) < 4.78 is 5.87. The number of nitrogens with zero attached hydrogens (tertiary/aromatic N) is 4. The van der Waals surface area contributed by atoms with Crippen LogP contribution >= 0.6 is 14.3 Å². The lowest BCUT2D eigenvalue weighted by Gasteiger charge is -2.30. The molecule has 4 nitrogen and oxygen atoms in total. The van der Waals surface area contributed by atoms with E-state index in [4.69, 9.17) is 4.74 Å². The van der Waals surface area contributed by atoms with E-state index >= 15 is 0 Å². The monoisotopic (exact) mass is 684 g/mol. The van der Waals surface area contributed by atoms with E-state index in [1.165, 1.54) is 31.8 Å². The van der Waals surface area contributed by atoms with Crippen LogP contribution in [0.5, 0.6) is 0 Å². The molecule has 6 heteroatoms. The Hall–Kier alpha value is -5.40. The fraction of sp³-hybridized carbons (Fsp3) is 0.0455. The Morgan fingerprint density at radius 2 is 0.700 bits per heavy atom. The van der Waals surface area contributed by atoms with Crippen LogP contribution in [0.2, 0.25) is 0 Å². The second kappa shape index (κ2) is 15.9. The molecule has 0 amide bonds. The third-order valence-electron chi connectivity index (χ3n) is 8.91. The molecule has 1 heterocycles. The smallest absolute Gasteiger partial charge is 0.113 e. The molecule has 0 fully saturated rings. The van der Waals surface area contributed by atoms with Crippen molar-refractivity contribution in [1.82, 2.24) is 15.4 Å². The lowest BCUT2D eigenvalue weighted by atomic mass is 10.3. The molecule has 0 saturated carbocycles. The van der Waals surface area contributed by atoms with Crippen molar-refractivity contribution < 1.29 is 0 Å². The van der Waals surface area contributed by atoms with Crippen molar-refractivity contribution in [1.29, 1.82) is 0 Å². The van der Waals surface area contributed by atoms with Gasteiger partial charge in [-0.25, -0.2) is 0 Å². The van der Waals surface area contributed by atoms with Crippen LogP contribution in [0, 0.1) is 0 Å². The summed E-state index contributed by atoms with van der Waals surface area (Å²) in [6.07, 6.45) is 0.958. The number of fused-ring (bicyclic) bond motifs is 1. The molecule has 0 radical (unpaired) electrons. The van der Waals surface area contributed by atoms with Gasteiger partial charge in [-0.2, -0.15) is 0 Å². The summed E-state index contributed by atoms with van der Waals surface area (Å²) in [5.74, 6) is 0. The highest BCUT2D eigenvalue weighted by molar-refractivity contribution is 7.95. The molecule has 0 N–H and O–H groups in total. The molecule has 7 aromatic carbocycles. The molecule has 1 aromatic heterocycles. The average molecular weight is 685 g/mol. The zero-order valence-electron chi connectivity index (χ0n) is 27.7. The highest BCUT2D eigenvalue weighted by Gasteiger charge is 2.45. The van der Waals surface area contributed by atoms with Crippen molar-refractivity contribution in [3.63, 3.8) is 0 Å². The van der Waals surface area contributed by atoms with E-state index in [2.05, 4.69) is 197 Å². The molecule has 0 atom stereocenters. The van der Waals surface area contributed by atoms with Crippen LogP contribution < -0.4 is 37.0 Å². The largest absolute Gasteiger partial charge is 0.492 e. The molecule has 50 heavy (non-hydrogen) atoms. The highest BCUT2D eigenvalue weighted by Crippen LogP contribution is 2.56. The van der Waals surface area contributed by atoms with Gasteiger partial charge < -0.3 is 15.4 Å². The van der Waals surface area contributed by atoms with Crippen molar-refractivity contribution in [3.05, 3.63) is 206 Å². The third kappa shape index (κ3) is 6.87. The maximum Gasteiger partial charge on any atom is 0.113 e. The minimum absolute atomic E-state index is 0.749. The van der Waals surface area contributed by atoms with Gasteiger partial charge in [0.1, 0.15) is 23.2 Å². The number of aromatic nitrogens is 3. The summed E-state index contributed by atoms with van der Waals surface area (Å²) in [7, 11) is -4.26. The van der Waals surface area contributed by atoms with E-state index in [1.807, 2.05) is 24.3 Å². The van der Waals surface area contributed by atoms with E-state index < -0.39 is 14.3 Å². The Morgan fingerprint density at radius 1 is 0.400 bits per heavy atom. The van der Waals surface area contributed by atoms with Crippen LogP contribution in [0.15, 0.2) is 211 Å². The number of benzene rings is 7. The summed E-state index contributed by atoms with van der Waals surface area (Å²) in [6.45, 7) is 0.749. The summed E-state index contributed by atoms with van der Waals surface area (Å²) in [6, 6.07) is 73.8. The van der Waals surface area contributed by atoms with Crippen LogP contribution in [0.1, 0.15) is 0 Å². The standard InChI is InChI=1S/C38H34NP2.C6H4N3/c1-7-19-33(20-8-1)40(34-21-9-2-10-22-34,35-23-11-3-12-24-35)32-31-39-41(36-25-13-4-14-26-36,37-27-15-5-16-28-37)38-29-17-6-18-30-38;1-2-4-6-5(3-1)7-9-8-6/h1-30H,31-32H2;1-4H/q+1;-1. The zero-order chi connectivity index (χ0) is 33.9. The number of hydrogen-bond acceptors (Lipinski definition) is 3. The first kappa shape index (κ1) is 33.1. The number of hydrogen-bond donors (Lipinski definition) is 0. The summed E-state index contributed by atoms with van der Waals surface area (Å²) in [4.78, 5) is 0. The van der Waals surface area contributed by atoms with Crippen LogP contribution in [0.4, 0.5) is 0 Å². The van der Waals surface area contributed by atoms with Gasteiger partial charge in [0.05, 0.1) is 30.8 Å². The SMILES string of the molecule is c1ccc(P(=NCC[P+](c2ccccc2)(c2ccccc2)c2ccccc2)(c2ccccc2)c2ccccc2)cc1.c1ccc2n[n-]nc2c1. The average Bonchev–Trinajstić information content (AvgIpc) is 3.70. The van der Waals surface area contributed by atoms with Gasteiger partial charge in [0, 0.05) is 15.9 Å². The van der Waals surface area contributed by atoms with Gasteiger partial charge in [0.2, 0.25) is 0 Å². The van der Waals surface area contributed by atoms with Crippen LogP contribution in [-0.2, 0) is 0 Å². The second-order valence-corrected chi connectivity index (χ2v) is 18.5. The Morgan fingerprint density at radius 3 is 1.04 bits per heavy atom. The Labute approximate surface area is 295 Å². The molecular formula is C44H38N4P2. The van der Waals surface area contributed by atoms with Gasteiger partial charge in [-0.1, -0.05) is 158 Å². The minimum atomic E-state index is -2.27. The van der Waals surface area contributed by atoms with Crippen LogP contribution in [-0.4, -0.2) is 22.9 Å². The van der Waals surface area contributed by atoms with E-state index in [1.54, 1.807) is 0 Å². The lowest BCUT2D eigenvalue weighted by molar-refractivity contribution is 0.928. The Kier molecular flexibility index (Phi) is 10.5. The van der Waals surface area contributed by atoms with Crippen molar-refractivity contribution in [2.75, 3.05) is 12.7 Å². The molecular weight excluding hydrogens is 646 g/mol. The molecule has 0 unspecified atom stereocenters. The van der Waals surface area contributed by atoms with E-state index in [9.17, 15) is 0 Å². The first-order valence-electron chi connectivity index (χ1n) is 16.8. The first-order chi connectivity index (χ1) is 24.8. The van der Waals surface area contributed by atoms with Gasteiger partial charge >= 0.3 is 0 Å². The van der Waals surface area contributed by atoms with Gasteiger partial charge in [0.15, 0.2) is 0 Å². The lowest BCUT2D eigenvalue weighted by Crippen LogP contribution is -2.34. The quantitative estimate of drug-likeness (QED) is 0.146. The zero-order valence-corrected chi connectivity index (χ0v) is 29.5. The van der Waals surface area contributed by atoms with Crippen molar-refractivity contribution >= 4 is 57.2 Å². The van der Waals surface area contributed by atoms with Gasteiger partial charge in [-0.15, -0.1) is 0 Å². The molecule has 0 spiro atoms. The van der Waals surface area contributed by atoms with Gasteiger partial charge in [-0.3, -0.25) is 4.74 Å². The summed E-state index contributed by atoms with van der Waals surface area (Å²) in [5, 5.41) is 19.1. The maximum absolute atomic E-state index is 5.87. The molecule has 8 rings (SSSR count). The van der Waals surface area contributed by atoms with Gasteiger partial charge in [0.25, 0.3) is 0 Å². The summed E-state index contributed by atoms with van der Waals surface area (Å²) in [5.41, 5.74) is 1.72. The first-order valence-corrected chi connectivity index (χ1v) is 20.5. The maximum atomic E-state index is 5.87. The Balaban J connectivity index is 0.000000375. The topological polar surface area (TPSA) is 52.2 Å². The van der Waals surface area contributed by atoms with Crippen LogP contribution in [0.25, 0.3) is 11.0 Å². The van der Waals surface area contributed by atoms with Gasteiger partial charge in [-0.05, 0) is 48.5 Å². The molecule has 0 aliphatic carbocycles. The number of rotatable bonds is 9. The third-order valence-corrected chi connectivity index (χ3v) is 17.1. The molecule has 0 aliphatic heterocycles.